The first kappa shape index (κ1) is 20.3. The van der Waals surface area contributed by atoms with Crippen molar-refractivity contribution in [3.63, 3.8) is 0 Å². The first-order valence-electron chi connectivity index (χ1n) is 8.41. The first-order chi connectivity index (χ1) is 13.7. The van der Waals surface area contributed by atoms with Crippen molar-refractivity contribution in [3.8, 4) is 0 Å². The number of carboxylic acid groups (broad SMARTS) is 1. The van der Waals surface area contributed by atoms with Gasteiger partial charge in [0.2, 0.25) is 0 Å². The number of carbonyl (C=O) groups is 1. The third kappa shape index (κ3) is 3.93. The highest BCUT2D eigenvalue weighted by Gasteiger charge is 2.43. The second-order valence-electron chi connectivity index (χ2n) is 6.32. The van der Waals surface area contributed by atoms with Gasteiger partial charge in [-0.25, -0.2) is 22.4 Å². The Morgan fingerprint density at radius 2 is 1.28 bits per heavy atom. The molecule has 1 amide bonds. The molecule has 0 radical (unpaired) electrons. The van der Waals surface area contributed by atoms with Crippen molar-refractivity contribution in [1.82, 2.24) is 5.32 Å². The van der Waals surface area contributed by atoms with Gasteiger partial charge < -0.3 is 15.5 Å². The number of halogens is 4. The molecule has 150 valence electrons. The van der Waals surface area contributed by atoms with Gasteiger partial charge in [-0.2, -0.15) is 0 Å². The van der Waals surface area contributed by atoms with Crippen LogP contribution in [0.3, 0.4) is 0 Å². The molecule has 3 N–H and O–H groups in total. The lowest BCUT2D eigenvalue weighted by Crippen LogP contribution is -2.44. The summed E-state index contributed by atoms with van der Waals surface area (Å²) in [6.07, 6.45) is -1.53. The number of hydrogen-bond acceptors (Lipinski definition) is 2. The minimum Gasteiger partial charge on any atom is -0.465 e. The van der Waals surface area contributed by atoms with E-state index in [0.717, 1.165) is 24.3 Å². The predicted molar refractivity (Wildman–Crippen MR) is 96.1 cm³/mol. The molecule has 3 aromatic carbocycles. The van der Waals surface area contributed by atoms with Crippen LogP contribution in [0.4, 0.5) is 22.4 Å². The molecule has 0 aliphatic rings. The van der Waals surface area contributed by atoms with Crippen LogP contribution in [-0.4, -0.2) is 16.3 Å². The van der Waals surface area contributed by atoms with E-state index in [1.807, 2.05) is 0 Å². The van der Waals surface area contributed by atoms with Crippen molar-refractivity contribution < 1.29 is 32.6 Å². The number of rotatable bonds is 5. The molecule has 0 fully saturated rings. The molecule has 4 nitrogen and oxygen atoms in total. The average Bonchev–Trinajstić information content (AvgIpc) is 2.70. The van der Waals surface area contributed by atoms with E-state index in [9.17, 15) is 32.6 Å². The molecule has 0 saturated heterocycles. The van der Waals surface area contributed by atoms with Crippen LogP contribution in [0.2, 0.25) is 0 Å². The van der Waals surface area contributed by atoms with E-state index in [1.165, 1.54) is 12.1 Å². The maximum atomic E-state index is 13.9. The zero-order chi connectivity index (χ0) is 21.2. The lowest BCUT2D eigenvalue weighted by Gasteiger charge is -2.37. The second-order valence-corrected chi connectivity index (χ2v) is 6.32. The van der Waals surface area contributed by atoms with Gasteiger partial charge in [0.1, 0.15) is 5.60 Å². The summed E-state index contributed by atoms with van der Waals surface area (Å²) in [7, 11) is 0. The van der Waals surface area contributed by atoms with Gasteiger partial charge in [-0.3, -0.25) is 0 Å². The average molecular weight is 405 g/mol. The molecule has 0 aliphatic carbocycles. The zero-order valence-corrected chi connectivity index (χ0v) is 14.7. The molecule has 3 aromatic rings. The lowest BCUT2D eigenvalue weighted by atomic mass is 9.77. The van der Waals surface area contributed by atoms with Crippen molar-refractivity contribution in [2.24, 2.45) is 0 Å². The molecule has 0 aliphatic heterocycles. The number of hydrogen-bond donors (Lipinski definition) is 3. The van der Waals surface area contributed by atoms with Gasteiger partial charge in [0, 0.05) is 0 Å². The van der Waals surface area contributed by atoms with Crippen LogP contribution < -0.4 is 5.32 Å². The Kier molecular flexibility index (Phi) is 5.56. The largest absolute Gasteiger partial charge is 0.465 e. The topological polar surface area (TPSA) is 69.6 Å². The van der Waals surface area contributed by atoms with Gasteiger partial charge in [0.25, 0.3) is 0 Å². The molecule has 1 atom stereocenters. The van der Waals surface area contributed by atoms with E-state index in [4.69, 9.17) is 0 Å². The lowest BCUT2D eigenvalue weighted by molar-refractivity contribution is 0.0358. The normalized spacial score (nSPS) is 12.4. The van der Waals surface area contributed by atoms with Crippen LogP contribution in [-0.2, 0) is 5.60 Å². The Bertz CT molecular complexity index is 992. The minimum atomic E-state index is -2.40. The van der Waals surface area contributed by atoms with Crippen LogP contribution >= 0.6 is 0 Å². The van der Waals surface area contributed by atoms with Crippen LogP contribution in [0.1, 0.15) is 22.7 Å². The third-order valence-electron chi connectivity index (χ3n) is 4.54. The monoisotopic (exact) mass is 405 g/mol. The van der Waals surface area contributed by atoms with Gasteiger partial charge in [0.05, 0.1) is 6.04 Å². The summed E-state index contributed by atoms with van der Waals surface area (Å²) in [4.78, 5) is 11.4. The molecule has 0 saturated carbocycles. The molecule has 1 unspecified atom stereocenters. The summed E-state index contributed by atoms with van der Waals surface area (Å²) < 4.78 is 54.8. The van der Waals surface area contributed by atoms with Gasteiger partial charge in [-0.05, 0) is 41.0 Å². The Morgan fingerprint density at radius 1 is 0.793 bits per heavy atom. The fourth-order valence-electron chi connectivity index (χ4n) is 3.16. The van der Waals surface area contributed by atoms with Gasteiger partial charge in [-0.15, -0.1) is 0 Å². The number of benzene rings is 3. The van der Waals surface area contributed by atoms with E-state index < -0.39 is 41.0 Å². The highest BCUT2D eigenvalue weighted by molar-refractivity contribution is 5.66. The van der Waals surface area contributed by atoms with E-state index >= 15 is 0 Å². The molecule has 29 heavy (non-hydrogen) atoms. The first-order valence-corrected chi connectivity index (χ1v) is 8.41. The van der Waals surface area contributed by atoms with E-state index in [2.05, 4.69) is 5.32 Å². The molecular formula is C21H15F4NO3. The molecule has 0 bridgehead atoms. The molecule has 8 heteroatoms. The number of aliphatic hydroxyl groups is 1. The maximum Gasteiger partial charge on any atom is 0.405 e. The van der Waals surface area contributed by atoms with Gasteiger partial charge in [0.15, 0.2) is 23.3 Å². The standard InChI is InChI=1S/C21H15F4NO3/c22-15-8-6-13(10-17(15)24)21(29,14-7-9-16(23)18(25)11-14)19(26-20(27)28)12-4-2-1-3-5-12/h1-11,19,26,29H,(H,27,28). The van der Waals surface area contributed by atoms with Crippen molar-refractivity contribution >= 4 is 6.09 Å². The van der Waals surface area contributed by atoms with Crippen LogP contribution in [0.25, 0.3) is 0 Å². The number of nitrogens with one attached hydrogen (secondary N) is 1. The summed E-state index contributed by atoms with van der Waals surface area (Å²) in [5, 5.41) is 23.1. The fourth-order valence-corrected chi connectivity index (χ4v) is 3.16. The molecule has 0 heterocycles. The molecule has 0 aromatic heterocycles. The Morgan fingerprint density at radius 3 is 1.69 bits per heavy atom. The highest BCUT2D eigenvalue weighted by atomic mass is 19.2. The van der Waals surface area contributed by atoms with Crippen LogP contribution in [0, 0.1) is 23.3 Å². The summed E-state index contributed by atoms with van der Waals surface area (Å²) >= 11 is 0. The Balaban J connectivity index is 2.31. The van der Waals surface area contributed by atoms with Gasteiger partial charge >= 0.3 is 6.09 Å². The molecule has 3 rings (SSSR count). The van der Waals surface area contributed by atoms with Crippen LogP contribution in [0.15, 0.2) is 66.7 Å². The number of amides is 1. The summed E-state index contributed by atoms with van der Waals surface area (Å²) in [6, 6.07) is 11.2. The van der Waals surface area contributed by atoms with Crippen molar-refractivity contribution in [3.05, 3.63) is 107 Å². The summed E-state index contributed by atoms with van der Waals surface area (Å²) in [5.41, 5.74) is -2.66. The fraction of sp³-hybridized carbons (Fsp3) is 0.0952. The van der Waals surface area contributed by atoms with Crippen molar-refractivity contribution in [2.75, 3.05) is 0 Å². The van der Waals surface area contributed by atoms with E-state index in [1.54, 1.807) is 18.2 Å². The van der Waals surface area contributed by atoms with Crippen molar-refractivity contribution in [1.29, 1.82) is 0 Å². The van der Waals surface area contributed by atoms with E-state index in [-0.39, 0.29) is 16.7 Å². The second kappa shape index (κ2) is 7.92. The molecule has 0 spiro atoms. The van der Waals surface area contributed by atoms with Crippen molar-refractivity contribution in [2.45, 2.75) is 11.6 Å². The SMILES string of the molecule is O=C(O)NC(c1ccccc1)C(O)(c1ccc(F)c(F)c1)c1ccc(F)c(F)c1. The van der Waals surface area contributed by atoms with E-state index in [0.29, 0.717) is 12.1 Å². The highest BCUT2D eigenvalue weighted by Crippen LogP contribution is 2.42. The quantitative estimate of drug-likeness (QED) is 0.548. The zero-order valence-electron chi connectivity index (χ0n) is 14.7. The summed E-state index contributed by atoms with van der Waals surface area (Å²) in [5.74, 6) is -4.98. The Labute approximate surface area is 163 Å². The third-order valence-corrected chi connectivity index (χ3v) is 4.54. The maximum absolute atomic E-state index is 13.9. The van der Waals surface area contributed by atoms with Gasteiger partial charge in [-0.1, -0.05) is 42.5 Å². The smallest absolute Gasteiger partial charge is 0.405 e. The Hall–Kier alpha value is -3.39. The minimum absolute atomic E-state index is 0.256. The van der Waals surface area contributed by atoms with Crippen LogP contribution in [0.5, 0.6) is 0 Å². The summed E-state index contributed by atoms with van der Waals surface area (Å²) in [6.45, 7) is 0. The molecular weight excluding hydrogens is 390 g/mol. The predicted octanol–water partition coefficient (Wildman–Crippen LogP) is 4.49.